The van der Waals surface area contributed by atoms with Gasteiger partial charge >= 0.3 is 0 Å². The second kappa shape index (κ2) is 4.29. The second-order valence-corrected chi connectivity index (χ2v) is 6.14. The maximum atomic E-state index is 13.6. The minimum absolute atomic E-state index is 0.0158. The molecule has 1 atom stereocenters. The Morgan fingerprint density at radius 2 is 2.30 bits per heavy atom. The molecule has 20 heavy (non-hydrogen) atoms. The molecule has 1 saturated heterocycles. The van der Waals surface area contributed by atoms with E-state index in [0.29, 0.717) is 6.04 Å². The van der Waals surface area contributed by atoms with Crippen LogP contribution in [0.25, 0.3) is 11.0 Å². The SMILES string of the molecule is CCC1(c2nc3ccc(F)cc3n2C2CC2)CCCN1. The monoisotopic (exact) mass is 273 g/mol. The van der Waals surface area contributed by atoms with Crippen LogP contribution in [-0.2, 0) is 5.54 Å². The van der Waals surface area contributed by atoms with E-state index in [1.54, 1.807) is 6.07 Å². The van der Waals surface area contributed by atoms with Gasteiger partial charge in [0.05, 0.1) is 16.6 Å². The average molecular weight is 273 g/mol. The maximum Gasteiger partial charge on any atom is 0.130 e. The van der Waals surface area contributed by atoms with Crippen molar-refractivity contribution >= 4 is 11.0 Å². The van der Waals surface area contributed by atoms with Crippen LogP contribution in [0, 0.1) is 5.82 Å². The summed E-state index contributed by atoms with van der Waals surface area (Å²) in [6.45, 7) is 3.27. The number of hydrogen-bond acceptors (Lipinski definition) is 2. The zero-order valence-corrected chi connectivity index (χ0v) is 11.8. The minimum atomic E-state index is -0.171. The third kappa shape index (κ3) is 1.71. The smallest absolute Gasteiger partial charge is 0.130 e. The van der Waals surface area contributed by atoms with Gasteiger partial charge in [-0.05, 0) is 56.8 Å². The number of nitrogens with one attached hydrogen (secondary N) is 1. The topological polar surface area (TPSA) is 29.9 Å². The summed E-state index contributed by atoms with van der Waals surface area (Å²) in [5, 5.41) is 3.66. The molecule has 106 valence electrons. The predicted molar refractivity (Wildman–Crippen MR) is 77.2 cm³/mol. The van der Waals surface area contributed by atoms with E-state index < -0.39 is 0 Å². The predicted octanol–water partition coefficient (Wildman–Crippen LogP) is 3.50. The van der Waals surface area contributed by atoms with Gasteiger partial charge in [-0.25, -0.2) is 9.37 Å². The highest BCUT2D eigenvalue weighted by Gasteiger charge is 2.41. The van der Waals surface area contributed by atoms with E-state index in [0.717, 1.165) is 36.2 Å². The number of halogens is 1. The highest BCUT2D eigenvalue weighted by molar-refractivity contribution is 5.76. The molecule has 1 aliphatic heterocycles. The molecule has 2 heterocycles. The van der Waals surface area contributed by atoms with Gasteiger partial charge in [-0.3, -0.25) is 0 Å². The lowest BCUT2D eigenvalue weighted by molar-refractivity contribution is 0.339. The van der Waals surface area contributed by atoms with Crippen molar-refractivity contribution in [3.63, 3.8) is 0 Å². The fourth-order valence-corrected chi connectivity index (χ4v) is 3.56. The van der Waals surface area contributed by atoms with E-state index in [-0.39, 0.29) is 11.4 Å². The third-order valence-electron chi connectivity index (χ3n) is 4.84. The van der Waals surface area contributed by atoms with Gasteiger partial charge in [-0.1, -0.05) is 6.92 Å². The van der Waals surface area contributed by atoms with E-state index in [1.807, 2.05) is 6.07 Å². The zero-order valence-electron chi connectivity index (χ0n) is 11.8. The fourth-order valence-electron chi connectivity index (χ4n) is 3.56. The van der Waals surface area contributed by atoms with Crippen LogP contribution in [0.4, 0.5) is 4.39 Å². The van der Waals surface area contributed by atoms with E-state index in [9.17, 15) is 4.39 Å². The molecule has 3 nitrogen and oxygen atoms in total. The fraction of sp³-hybridized carbons (Fsp3) is 0.562. The summed E-state index contributed by atoms with van der Waals surface area (Å²) in [6, 6.07) is 5.48. The summed E-state index contributed by atoms with van der Waals surface area (Å²) in [7, 11) is 0. The summed E-state index contributed by atoms with van der Waals surface area (Å²) in [5.74, 6) is 0.955. The van der Waals surface area contributed by atoms with Crippen molar-refractivity contribution in [2.24, 2.45) is 0 Å². The molecule has 1 aromatic carbocycles. The van der Waals surface area contributed by atoms with Crippen molar-refractivity contribution in [2.75, 3.05) is 6.54 Å². The third-order valence-corrected chi connectivity index (χ3v) is 4.84. The maximum absolute atomic E-state index is 13.6. The molecule has 1 aromatic heterocycles. The number of nitrogens with zero attached hydrogens (tertiary/aromatic N) is 2. The number of fused-ring (bicyclic) bond motifs is 1. The minimum Gasteiger partial charge on any atom is -0.323 e. The summed E-state index contributed by atoms with van der Waals surface area (Å²) >= 11 is 0. The lowest BCUT2D eigenvalue weighted by atomic mass is 9.93. The Labute approximate surface area is 118 Å². The van der Waals surface area contributed by atoms with Crippen molar-refractivity contribution in [3.05, 3.63) is 29.8 Å². The number of benzene rings is 1. The Morgan fingerprint density at radius 3 is 2.95 bits per heavy atom. The van der Waals surface area contributed by atoms with Crippen molar-refractivity contribution in [1.82, 2.24) is 14.9 Å². The Balaban J connectivity index is 1.96. The molecule has 1 saturated carbocycles. The van der Waals surface area contributed by atoms with Gasteiger partial charge < -0.3 is 9.88 Å². The molecule has 0 bridgehead atoms. The molecule has 4 rings (SSSR count). The molecule has 1 N–H and O–H groups in total. The number of hydrogen-bond donors (Lipinski definition) is 1. The molecular weight excluding hydrogens is 253 g/mol. The highest BCUT2D eigenvalue weighted by atomic mass is 19.1. The molecule has 2 aliphatic rings. The molecule has 2 fully saturated rings. The highest BCUT2D eigenvalue weighted by Crippen LogP contribution is 2.43. The van der Waals surface area contributed by atoms with Crippen molar-refractivity contribution in [3.8, 4) is 0 Å². The summed E-state index contributed by atoms with van der Waals surface area (Å²) in [4.78, 5) is 4.87. The van der Waals surface area contributed by atoms with Gasteiger partial charge in [0.1, 0.15) is 11.6 Å². The van der Waals surface area contributed by atoms with Gasteiger partial charge in [0.2, 0.25) is 0 Å². The average Bonchev–Trinajstić information content (AvgIpc) is 3.04. The van der Waals surface area contributed by atoms with Gasteiger partial charge in [0.15, 0.2) is 0 Å². The lowest BCUT2D eigenvalue weighted by Crippen LogP contribution is -2.38. The van der Waals surface area contributed by atoms with Gasteiger partial charge in [0, 0.05) is 6.04 Å². The molecule has 4 heteroatoms. The molecule has 2 aromatic rings. The number of imidazole rings is 1. The van der Waals surface area contributed by atoms with E-state index >= 15 is 0 Å². The van der Waals surface area contributed by atoms with E-state index in [4.69, 9.17) is 4.98 Å². The van der Waals surface area contributed by atoms with Crippen LogP contribution >= 0.6 is 0 Å². The normalized spacial score (nSPS) is 26.5. The molecule has 0 radical (unpaired) electrons. The Bertz CT molecular complexity index is 651. The van der Waals surface area contributed by atoms with E-state index in [2.05, 4.69) is 16.8 Å². The Morgan fingerprint density at radius 1 is 1.45 bits per heavy atom. The van der Waals surface area contributed by atoms with Crippen molar-refractivity contribution in [1.29, 1.82) is 0 Å². The van der Waals surface area contributed by atoms with Crippen LogP contribution in [0.3, 0.4) is 0 Å². The van der Waals surface area contributed by atoms with Crippen LogP contribution < -0.4 is 5.32 Å². The molecule has 0 spiro atoms. The van der Waals surface area contributed by atoms with Crippen LogP contribution in [0.5, 0.6) is 0 Å². The first kappa shape index (κ1) is 12.3. The van der Waals surface area contributed by atoms with Gasteiger partial charge in [-0.2, -0.15) is 0 Å². The number of rotatable bonds is 3. The van der Waals surface area contributed by atoms with Crippen LogP contribution in [0.15, 0.2) is 18.2 Å². The quantitative estimate of drug-likeness (QED) is 0.927. The zero-order chi connectivity index (χ0) is 13.7. The molecular formula is C16H20FN3. The molecule has 0 amide bonds. The second-order valence-electron chi connectivity index (χ2n) is 6.14. The van der Waals surface area contributed by atoms with Gasteiger partial charge in [-0.15, -0.1) is 0 Å². The summed E-state index contributed by atoms with van der Waals surface area (Å²) in [5.41, 5.74) is 1.87. The van der Waals surface area contributed by atoms with Crippen molar-refractivity contribution in [2.45, 2.75) is 50.6 Å². The lowest BCUT2D eigenvalue weighted by Gasteiger charge is -2.28. The van der Waals surface area contributed by atoms with E-state index in [1.165, 1.54) is 25.3 Å². The largest absolute Gasteiger partial charge is 0.323 e. The first-order valence-corrected chi connectivity index (χ1v) is 7.66. The summed E-state index contributed by atoms with van der Waals surface area (Å²) in [6.07, 6.45) is 5.73. The molecule has 1 unspecified atom stereocenters. The first-order chi connectivity index (χ1) is 9.73. The van der Waals surface area contributed by atoms with Crippen LogP contribution in [0.2, 0.25) is 0 Å². The Hall–Kier alpha value is -1.42. The Kier molecular flexibility index (Phi) is 2.64. The van der Waals surface area contributed by atoms with Crippen LogP contribution in [-0.4, -0.2) is 16.1 Å². The standard InChI is InChI=1S/C16H20FN3/c1-2-16(8-3-9-18-16)15-19-13-7-4-11(17)10-14(13)20(15)12-5-6-12/h4,7,10,12,18H,2-3,5-6,8-9H2,1H3. The first-order valence-electron chi connectivity index (χ1n) is 7.66. The van der Waals surface area contributed by atoms with Gasteiger partial charge in [0.25, 0.3) is 0 Å². The van der Waals surface area contributed by atoms with Crippen molar-refractivity contribution < 1.29 is 4.39 Å². The van der Waals surface area contributed by atoms with Crippen LogP contribution in [0.1, 0.15) is 50.9 Å². The molecule has 1 aliphatic carbocycles. The summed E-state index contributed by atoms with van der Waals surface area (Å²) < 4.78 is 15.9. The number of aromatic nitrogens is 2.